The molecule has 1 atom stereocenters. The molecule has 4 heteroatoms. The number of amides is 1. The predicted octanol–water partition coefficient (Wildman–Crippen LogP) is 6.97. The van der Waals surface area contributed by atoms with E-state index in [1.807, 2.05) is 88.4 Å². The van der Waals surface area contributed by atoms with E-state index >= 15 is 0 Å². The van der Waals surface area contributed by atoms with E-state index in [9.17, 15) is 4.79 Å². The fourth-order valence-corrected chi connectivity index (χ4v) is 4.31. The summed E-state index contributed by atoms with van der Waals surface area (Å²) in [4.78, 5) is 18.5. The molecule has 4 rings (SSSR count). The van der Waals surface area contributed by atoms with Gasteiger partial charge in [0.05, 0.1) is 22.8 Å². The van der Waals surface area contributed by atoms with Crippen LogP contribution in [0.4, 0.5) is 0 Å². The number of aromatic nitrogens is 1. The number of rotatable bonds is 4. The summed E-state index contributed by atoms with van der Waals surface area (Å²) in [6.45, 7) is 8.04. The first-order valence-electron chi connectivity index (χ1n) is 10.4. The second-order valence-electron chi connectivity index (χ2n) is 8.05. The van der Waals surface area contributed by atoms with Crippen molar-refractivity contribution in [3.63, 3.8) is 0 Å². The summed E-state index contributed by atoms with van der Waals surface area (Å²) in [5.41, 5.74) is 7.23. The Morgan fingerprint density at radius 3 is 2.42 bits per heavy atom. The number of nitrogens with zero attached hydrogens (tertiary/aromatic N) is 1. The molecule has 3 aromatic carbocycles. The molecule has 0 aliphatic heterocycles. The van der Waals surface area contributed by atoms with Gasteiger partial charge in [-0.3, -0.25) is 4.79 Å². The maximum atomic E-state index is 13.6. The van der Waals surface area contributed by atoms with Gasteiger partial charge in [0.1, 0.15) is 0 Å². The van der Waals surface area contributed by atoms with Crippen LogP contribution >= 0.6 is 11.6 Å². The Morgan fingerprint density at radius 1 is 0.968 bits per heavy atom. The third kappa shape index (κ3) is 4.19. The van der Waals surface area contributed by atoms with Crippen LogP contribution in [0.2, 0.25) is 5.02 Å². The van der Waals surface area contributed by atoms with E-state index in [-0.39, 0.29) is 11.9 Å². The molecule has 0 bridgehead atoms. The first-order valence-corrected chi connectivity index (χ1v) is 10.8. The number of aryl methyl sites for hydroxylation is 2. The molecule has 3 nitrogen and oxygen atoms in total. The van der Waals surface area contributed by atoms with Crippen LogP contribution in [0.5, 0.6) is 0 Å². The number of nitrogens with one attached hydrogen (secondary N) is 1. The van der Waals surface area contributed by atoms with Crippen molar-refractivity contribution in [3.05, 3.63) is 99.6 Å². The number of carbonyl (C=O) groups is 1. The third-order valence-corrected chi connectivity index (χ3v) is 5.88. The van der Waals surface area contributed by atoms with E-state index in [1.165, 1.54) is 0 Å². The predicted molar refractivity (Wildman–Crippen MR) is 129 cm³/mol. The maximum absolute atomic E-state index is 13.6. The number of halogens is 1. The van der Waals surface area contributed by atoms with Gasteiger partial charge in [-0.2, -0.15) is 0 Å². The zero-order chi connectivity index (χ0) is 22.1. The molecule has 0 unspecified atom stereocenters. The highest BCUT2D eigenvalue weighted by Gasteiger charge is 2.21. The van der Waals surface area contributed by atoms with Gasteiger partial charge in [0.2, 0.25) is 0 Å². The second-order valence-corrected chi connectivity index (χ2v) is 8.49. The lowest BCUT2D eigenvalue weighted by atomic mass is 9.94. The Morgan fingerprint density at radius 2 is 1.71 bits per heavy atom. The largest absolute Gasteiger partial charge is 0.345 e. The van der Waals surface area contributed by atoms with Gasteiger partial charge < -0.3 is 5.32 Å². The van der Waals surface area contributed by atoms with Crippen molar-refractivity contribution in [1.82, 2.24) is 10.3 Å². The molecule has 0 saturated heterocycles. The number of benzene rings is 3. The summed E-state index contributed by atoms with van der Waals surface area (Å²) < 4.78 is 0. The Hall–Kier alpha value is -3.17. The molecule has 0 aliphatic rings. The molecule has 0 radical (unpaired) electrons. The minimum Gasteiger partial charge on any atom is -0.345 e. The smallest absolute Gasteiger partial charge is 0.252 e. The van der Waals surface area contributed by atoms with Crippen molar-refractivity contribution in [3.8, 4) is 11.3 Å². The monoisotopic (exact) mass is 428 g/mol. The van der Waals surface area contributed by atoms with Gasteiger partial charge >= 0.3 is 0 Å². The Labute approximate surface area is 188 Å². The third-order valence-electron chi connectivity index (χ3n) is 5.64. The van der Waals surface area contributed by atoms with Gasteiger partial charge in [0, 0.05) is 16.0 Å². The van der Waals surface area contributed by atoms with Crippen LogP contribution in [0.3, 0.4) is 0 Å². The molecule has 0 aliphatic carbocycles. The normalized spacial score (nSPS) is 12.0. The minimum atomic E-state index is -0.114. The van der Waals surface area contributed by atoms with Crippen LogP contribution in [0.15, 0.2) is 66.7 Å². The lowest BCUT2D eigenvalue weighted by Crippen LogP contribution is -2.28. The van der Waals surface area contributed by atoms with Crippen LogP contribution in [0.1, 0.15) is 45.6 Å². The molecule has 1 amide bonds. The van der Waals surface area contributed by atoms with Gasteiger partial charge in [0.15, 0.2) is 0 Å². The summed E-state index contributed by atoms with van der Waals surface area (Å²) >= 11 is 6.25. The van der Waals surface area contributed by atoms with Gasteiger partial charge in [-0.05, 0) is 62.6 Å². The van der Waals surface area contributed by atoms with Crippen LogP contribution < -0.4 is 5.32 Å². The lowest BCUT2D eigenvalue weighted by molar-refractivity contribution is 0.0941. The molecular weight excluding hydrogens is 404 g/mol. The highest BCUT2D eigenvalue weighted by Crippen LogP contribution is 2.33. The summed E-state index contributed by atoms with van der Waals surface area (Å²) in [5.74, 6) is -0.102. The molecule has 156 valence electrons. The standard InChI is InChI=1S/C27H25ClN2O/c1-16-13-17(2)25-23(14-16)24(27(31)29-19(4)20-9-6-5-7-10-20)18(3)26(30-25)21-11-8-12-22(28)15-21/h5-15,19H,1-4H3,(H,29,31)/t19-/m1/s1. The Kier molecular flexibility index (Phi) is 5.79. The van der Waals surface area contributed by atoms with E-state index in [1.54, 1.807) is 0 Å². The summed E-state index contributed by atoms with van der Waals surface area (Å²) in [5, 5.41) is 4.70. The zero-order valence-corrected chi connectivity index (χ0v) is 18.9. The quantitative estimate of drug-likeness (QED) is 0.381. The summed E-state index contributed by atoms with van der Waals surface area (Å²) in [6, 6.07) is 21.6. The minimum absolute atomic E-state index is 0.102. The number of fused-ring (bicyclic) bond motifs is 1. The molecule has 1 aromatic heterocycles. The van der Waals surface area contributed by atoms with Crippen molar-refractivity contribution in [2.24, 2.45) is 0 Å². The van der Waals surface area contributed by atoms with E-state index < -0.39 is 0 Å². The fourth-order valence-electron chi connectivity index (χ4n) is 4.12. The van der Waals surface area contributed by atoms with Crippen LogP contribution in [-0.2, 0) is 0 Å². The van der Waals surface area contributed by atoms with Crippen LogP contribution in [-0.4, -0.2) is 10.9 Å². The molecule has 1 heterocycles. The highest BCUT2D eigenvalue weighted by atomic mass is 35.5. The first-order chi connectivity index (χ1) is 14.8. The molecule has 1 N–H and O–H groups in total. The second kappa shape index (κ2) is 8.52. The molecule has 31 heavy (non-hydrogen) atoms. The summed E-state index contributed by atoms with van der Waals surface area (Å²) in [6.07, 6.45) is 0. The van der Waals surface area contributed by atoms with Crippen molar-refractivity contribution < 1.29 is 4.79 Å². The maximum Gasteiger partial charge on any atom is 0.252 e. The van der Waals surface area contributed by atoms with Gasteiger partial charge in [-0.1, -0.05) is 65.7 Å². The van der Waals surface area contributed by atoms with Gasteiger partial charge in [0.25, 0.3) is 5.91 Å². The summed E-state index contributed by atoms with van der Waals surface area (Å²) in [7, 11) is 0. The fraction of sp³-hybridized carbons (Fsp3) is 0.185. The lowest BCUT2D eigenvalue weighted by Gasteiger charge is -2.19. The average Bonchev–Trinajstić information content (AvgIpc) is 2.73. The number of pyridine rings is 1. The molecule has 0 fully saturated rings. The van der Waals surface area contributed by atoms with Crippen molar-refractivity contribution in [2.45, 2.75) is 33.7 Å². The SMILES string of the molecule is Cc1cc(C)c2nc(-c3cccc(Cl)c3)c(C)c(C(=O)N[C@H](C)c3ccccc3)c2c1. The zero-order valence-electron chi connectivity index (χ0n) is 18.2. The van der Waals surface area contributed by atoms with Gasteiger partial charge in [-0.15, -0.1) is 0 Å². The van der Waals surface area contributed by atoms with Crippen molar-refractivity contribution in [2.75, 3.05) is 0 Å². The highest BCUT2D eigenvalue weighted by molar-refractivity contribution is 6.30. The van der Waals surface area contributed by atoms with Crippen molar-refractivity contribution >= 4 is 28.4 Å². The number of carbonyl (C=O) groups excluding carboxylic acids is 1. The van der Waals surface area contributed by atoms with E-state index in [4.69, 9.17) is 16.6 Å². The average molecular weight is 429 g/mol. The van der Waals surface area contributed by atoms with Crippen LogP contribution in [0.25, 0.3) is 22.2 Å². The van der Waals surface area contributed by atoms with Crippen molar-refractivity contribution in [1.29, 1.82) is 0 Å². The molecule has 0 saturated carbocycles. The topological polar surface area (TPSA) is 42.0 Å². The van der Waals surface area contributed by atoms with E-state index in [0.29, 0.717) is 10.6 Å². The first kappa shape index (κ1) is 21.1. The number of hydrogen-bond donors (Lipinski definition) is 1. The van der Waals surface area contributed by atoms with Gasteiger partial charge in [-0.25, -0.2) is 4.98 Å². The molecule has 4 aromatic rings. The Bertz CT molecular complexity index is 1280. The molecule has 0 spiro atoms. The van der Waals surface area contributed by atoms with Crippen LogP contribution in [0, 0.1) is 20.8 Å². The molecular formula is C27H25ClN2O. The van der Waals surface area contributed by atoms with E-state index in [0.717, 1.165) is 44.4 Å². The number of hydrogen-bond acceptors (Lipinski definition) is 2. The Balaban J connectivity index is 1.90. The van der Waals surface area contributed by atoms with E-state index in [2.05, 4.69) is 11.4 Å².